The molecule has 1 rings (SSSR count). The second-order valence-corrected chi connectivity index (χ2v) is 3.61. The Morgan fingerprint density at radius 1 is 1.29 bits per heavy atom. The van der Waals surface area contributed by atoms with Crippen molar-refractivity contribution in [3.05, 3.63) is 18.2 Å². The number of methoxy groups -OCH3 is 1. The quantitative estimate of drug-likeness (QED) is 0.468. The maximum Gasteiger partial charge on any atom is 0.122 e. The van der Waals surface area contributed by atoms with Crippen LogP contribution < -0.4 is 15.8 Å². The van der Waals surface area contributed by atoms with Gasteiger partial charge in [-0.1, -0.05) is 0 Å². The summed E-state index contributed by atoms with van der Waals surface area (Å²) >= 11 is 0. The van der Waals surface area contributed by atoms with Crippen LogP contribution in [0.3, 0.4) is 0 Å². The number of aliphatic hydroxyl groups excluding tert-OH is 1. The van der Waals surface area contributed by atoms with E-state index in [2.05, 4.69) is 5.32 Å². The lowest BCUT2D eigenvalue weighted by Crippen LogP contribution is -2.07. The summed E-state index contributed by atoms with van der Waals surface area (Å²) in [6, 6.07) is 5.53. The molecule has 0 saturated carbocycles. The predicted octanol–water partition coefficient (Wildman–Crippen LogP) is 1.09. The zero-order valence-corrected chi connectivity index (χ0v) is 10.1. The van der Waals surface area contributed by atoms with Crippen molar-refractivity contribution in [2.24, 2.45) is 0 Å². The van der Waals surface area contributed by atoms with Gasteiger partial charge in [0.25, 0.3) is 0 Å². The fraction of sp³-hybridized carbons (Fsp3) is 0.500. The third-order valence-electron chi connectivity index (χ3n) is 2.19. The molecule has 0 aromatic heterocycles. The molecule has 5 heteroatoms. The number of rotatable bonds is 8. The lowest BCUT2D eigenvalue weighted by Gasteiger charge is -2.09. The number of aliphatic hydroxyl groups is 1. The second-order valence-electron chi connectivity index (χ2n) is 3.61. The van der Waals surface area contributed by atoms with E-state index in [4.69, 9.17) is 20.3 Å². The molecule has 0 fully saturated rings. The molecule has 0 saturated heterocycles. The Morgan fingerprint density at radius 2 is 2.12 bits per heavy atom. The molecule has 17 heavy (non-hydrogen) atoms. The smallest absolute Gasteiger partial charge is 0.122 e. The number of hydrogen-bond donors (Lipinski definition) is 3. The zero-order chi connectivity index (χ0) is 12.5. The summed E-state index contributed by atoms with van der Waals surface area (Å²) in [5.41, 5.74) is 7.34. The van der Waals surface area contributed by atoms with Crippen LogP contribution in [0.15, 0.2) is 18.2 Å². The van der Waals surface area contributed by atoms with E-state index in [9.17, 15) is 0 Å². The highest BCUT2D eigenvalue weighted by molar-refractivity contribution is 5.59. The summed E-state index contributed by atoms with van der Waals surface area (Å²) in [5.74, 6) is 0.740. The predicted molar refractivity (Wildman–Crippen MR) is 68.4 cm³/mol. The van der Waals surface area contributed by atoms with Gasteiger partial charge in [0.05, 0.1) is 20.3 Å². The monoisotopic (exact) mass is 240 g/mol. The molecule has 0 aliphatic rings. The third kappa shape index (κ3) is 5.42. The number of hydrogen-bond acceptors (Lipinski definition) is 5. The molecule has 4 N–H and O–H groups in total. The van der Waals surface area contributed by atoms with E-state index in [1.807, 2.05) is 12.1 Å². The van der Waals surface area contributed by atoms with E-state index in [0.29, 0.717) is 18.9 Å². The van der Waals surface area contributed by atoms with Crippen LogP contribution in [0.5, 0.6) is 5.75 Å². The van der Waals surface area contributed by atoms with Gasteiger partial charge in [-0.25, -0.2) is 0 Å². The number of ether oxygens (including phenoxy) is 2. The lowest BCUT2D eigenvalue weighted by atomic mass is 10.2. The first-order valence-electron chi connectivity index (χ1n) is 5.63. The SMILES string of the molecule is COc1cc(N)cc(NCCCOCCO)c1. The van der Waals surface area contributed by atoms with Gasteiger partial charge >= 0.3 is 0 Å². The summed E-state index contributed by atoms with van der Waals surface area (Å²) < 4.78 is 10.3. The number of nitrogens with one attached hydrogen (secondary N) is 1. The first kappa shape index (κ1) is 13.6. The van der Waals surface area contributed by atoms with E-state index in [0.717, 1.165) is 24.4 Å². The van der Waals surface area contributed by atoms with Gasteiger partial charge in [0, 0.05) is 36.7 Å². The summed E-state index contributed by atoms with van der Waals surface area (Å²) in [7, 11) is 1.61. The minimum atomic E-state index is 0.0693. The summed E-state index contributed by atoms with van der Waals surface area (Å²) in [5, 5.41) is 11.8. The number of benzene rings is 1. The molecule has 96 valence electrons. The van der Waals surface area contributed by atoms with E-state index in [-0.39, 0.29) is 6.61 Å². The molecule has 0 aliphatic carbocycles. The molecule has 0 radical (unpaired) electrons. The maximum atomic E-state index is 8.52. The molecule has 5 nitrogen and oxygen atoms in total. The van der Waals surface area contributed by atoms with Crippen LogP contribution in [0.2, 0.25) is 0 Å². The normalized spacial score (nSPS) is 10.2. The van der Waals surface area contributed by atoms with Crippen molar-refractivity contribution >= 4 is 11.4 Å². The Bertz CT molecular complexity index is 332. The van der Waals surface area contributed by atoms with Crippen LogP contribution in [0, 0.1) is 0 Å². The standard InChI is InChI=1S/C12H20N2O3/c1-16-12-8-10(13)7-11(9-12)14-3-2-5-17-6-4-15/h7-9,14-15H,2-6,13H2,1H3. The van der Waals surface area contributed by atoms with Gasteiger partial charge in [-0.05, 0) is 12.5 Å². The Balaban J connectivity index is 2.28. The van der Waals surface area contributed by atoms with Gasteiger partial charge in [0.2, 0.25) is 0 Å². The molecule has 0 amide bonds. The minimum absolute atomic E-state index is 0.0693. The Morgan fingerprint density at radius 3 is 2.82 bits per heavy atom. The Labute approximate surface area is 102 Å². The first-order chi connectivity index (χ1) is 8.26. The molecular weight excluding hydrogens is 220 g/mol. The zero-order valence-electron chi connectivity index (χ0n) is 10.1. The molecular formula is C12H20N2O3. The molecule has 1 aromatic carbocycles. The van der Waals surface area contributed by atoms with Crippen molar-refractivity contribution in [2.45, 2.75) is 6.42 Å². The summed E-state index contributed by atoms with van der Waals surface area (Å²) in [6.45, 7) is 1.89. The van der Waals surface area contributed by atoms with Crippen LogP contribution in [-0.2, 0) is 4.74 Å². The Kier molecular flexibility index (Phi) is 6.21. The third-order valence-corrected chi connectivity index (χ3v) is 2.19. The minimum Gasteiger partial charge on any atom is -0.497 e. The van der Waals surface area contributed by atoms with Crippen LogP contribution in [-0.4, -0.2) is 38.6 Å². The fourth-order valence-electron chi connectivity index (χ4n) is 1.42. The molecule has 0 bridgehead atoms. The topological polar surface area (TPSA) is 76.7 Å². The van der Waals surface area contributed by atoms with E-state index in [1.54, 1.807) is 13.2 Å². The largest absolute Gasteiger partial charge is 0.497 e. The summed E-state index contributed by atoms with van der Waals surface area (Å²) in [6.07, 6.45) is 0.872. The van der Waals surface area contributed by atoms with Crippen molar-refractivity contribution in [3.63, 3.8) is 0 Å². The average Bonchev–Trinajstić information content (AvgIpc) is 2.33. The number of nitrogens with two attached hydrogens (primary N) is 1. The Hall–Kier alpha value is -1.46. The lowest BCUT2D eigenvalue weighted by molar-refractivity contribution is 0.0922. The van der Waals surface area contributed by atoms with E-state index < -0.39 is 0 Å². The summed E-state index contributed by atoms with van der Waals surface area (Å²) in [4.78, 5) is 0. The van der Waals surface area contributed by atoms with Crippen molar-refractivity contribution in [3.8, 4) is 5.75 Å². The maximum absolute atomic E-state index is 8.52. The van der Waals surface area contributed by atoms with Crippen LogP contribution in [0.4, 0.5) is 11.4 Å². The van der Waals surface area contributed by atoms with Gasteiger partial charge in [-0.3, -0.25) is 0 Å². The highest BCUT2D eigenvalue weighted by Crippen LogP contribution is 2.21. The van der Waals surface area contributed by atoms with Crippen molar-refractivity contribution < 1.29 is 14.6 Å². The molecule has 0 atom stereocenters. The molecule has 0 unspecified atom stereocenters. The second kappa shape index (κ2) is 7.76. The molecule has 0 spiro atoms. The first-order valence-corrected chi connectivity index (χ1v) is 5.63. The average molecular weight is 240 g/mol. The van der Waals surface area contributed by atoms with Crippen molar-refractivity contribution in [1.29, 1.82) is 0 Å². The van der Waals surface area contributed by atoms with Gasteiger partial charge in [-0.2, -0.15) is 0 Å². The van der Waals surface area contributed by atoms with Crippen molar-refractivity contribution in [2.75, 3.05) is 44.5 Å². The highest BCUT2D eigenvalue weighted by Gasteiger charge is 1.98. The van der Waals surface area contributed by atoms with Crippen LogP contribution in [0.1, 0.15) is 6.42 Å². The van der Waals surface area contributed by atoms with E-state index >= 15 is 0 Å². The molecule has 0 heterocycles. The van der Waals surface area contributed by atoms with Crippen LogP contribution >= 0.6 is 0 Å². The van der Waals surface area contributed by atoms with Crippen molar-refractivity contribution in [1.82, 2.24) is 0 Å². The number of anilines is 2. The van der Waals surface area contributed by atoms with Gasteiger partial charge in [-0.15, -0.1) is 0 Å². The van der Waals surface area contributed by atoms with Gasteiger partial charge in [0.1, 0.15) is 5.75 Å². The molecule has 0 aliphatic heterocycles. The molecule has 1 aromatic rings. The van der Waals surface area contributed by atoms with E-state index in [1.165, 1.54) is 0 Å². The number of nitrogen functional groups attached to an aromatic ring is 1. The fourth-order valence-corrected chi connectivity index (χ4v) is 1.42. The van der Waals surface area contributed by atoms with Crippen LogP contribution in [0.25, 0.3) is 0 Å². The van der Waals surface area contributed by atoms with Gasteiger partial charge in [0.15, 0.2) is 0 Å². The highest BCUT2D eigenvalue weighted by atomic mass is 16.5. The van der Waals surface area contributed by atoms with Gasteiger partial charge < -0.3 is 25.6 Å².